The van der Waals surface area contributed by atoms with E-state index in [9.17, 15) is 8.42 Å². The molecule has 1 aliphatic rings. The predicted molar refractivity (Wildman–Crippen MR) is 100 cm³/mol. The van der Waals surface area contributed by atoms with E-state index < -0.39 is 10.0 Å². The first-order chi connectivity index (χ1) is 12.0. The number of thioether (sulfide) groups is 1. The van der Waals surface area contributed by atoms with E-state index in [4.69, 9.17) is 0 Å². The van der Waals surface area contributed by atoms with Crippen molar-refractivity contribution in [2.24, 2.45) is 0 Å². The Bertz CT molecular complexity index is 814. The Morgan fingerprint density at radius 3 is 2.52 bits per heavy atom. The minimum absolute atomic E-state index is 0.285. The van der Waals surface area contributed by atoms with E-state index in [-0.39, 0.29) is 4.90 Å². The molecule has 0 bridgehead atoms. The summed E-state index contributed by atoms with van der Waals surface area (Å²) < 4.78 is 27.0. The van der Waals surface area contributed by atoms with Gasteiger partial charge in [0.25, 0.3) is 0 Å². The van der Waals surface area contributed by atoms with Crippen LogP contribution in [0, 0.1) is 6.92 Å². The second-order valence-corrected chi connectivity index (χ2v) is 9.34. The molecule has 1 fully saturated rings. The summed E-state index contributed by atoms with van der Waals surface area (Å²) in [5.74, 6) is 0.826. The van der Waals surface area contributed by atoms with Gasteiger partial charge >= 0.3 is 0 Å². The number of hydrogen-bond acceptors (Lipinski definition) is 4. The molecule has 1 aliphatic heterocycles. The number of piperazine rings is 1. The van der Waals surface area contributed by atoms with Crippen molar-refractivity contribution in [1.82, 2.24) is 9.29 Å². The molecule has 5 nitrogen and oxygen atoms in total. The molecule has 134 valence electrons. The fraction of sp³-hybridized carbons (Fsp3) is 0.389. The molecule has 3 rings (SSSR count). The highest BCUT2D eigenvalue weighted by Crippen LogP contribution is 2.24. The summed E-state index contributed by atoms with van der Waals surface area (Å²) in [7, 11) is -1.34. The largest absolute Gasteiger partial charge is 0.335 e. The van der Waals surface area contributed by atoms with Crippen molar-refractivity contribution in [2.45, 2.75) is 22.6 Å². The summed E-state index contributed by atoms with van der Waals surface area (Å²) in [6.45, 7) is 4.92. The Morgan fingerprint density at radius 2 is 1.88 bits per heavy atom. The second kappa shape index (κ2) is 7.86. The van der Waals surface area contributed by atoms with Gasteiger partial charge in [-0.25, -0.2) is 13.4 Å². The van der Waals surface area contributed by atoms with Gasteiger partial charge in [-0.1, -0.05) is 24.3 Å². The molecule has 0 radical (unpaired) electrons. The van der Waals surface area contributed by atoms with Gasteiger partial charge in [0.15, 0.2) is 0 Å². The van der Waals surface area contributed by atoms with E-state index >= 15 is 0 Å². The minimum Gasteiger partial charge on any atom is -0.335 e. The Hall–Kier alpha value is -1.41. The monoisotopic (exact) mass is 378 g/mol. The summed E-state index contributed by atoms with van der Waals surface area (Å²) in [6, 6.07) is 11.7. The topological polar surface area (TPSA) is 54.7 Å². The van der Waals surface area contributed by atoms with Crippen LogP contribution in [0.1, 0.15) is 11.1 Å². The summed E-state index contributed by atoms with van der Waals surface area (Å²) in [5.41, 5.74) is 2.53. The lowest BCUT2D eigenvalue weighted by atomic mass is 10.1. The molecule has 1 saturated heterocycles. The quantitative estimate of drug-likeness (QED) is 0.795. The normalized spacial score (nSPS) is 16.9. The van der Waals surface area contributed by atoms with Gasteiger partial charge in [0, 0.05) is 11.9 Å². The van der Waals surface area contributed by atoms with Crippen LogP contribution in [0.5, 0.6) is 0 Å². The zero-order chi connectivity index (χ0) is 17.9. The number of likely N-dealkylation sites (N-methyl/N-ethyl adjacent to an activating group) is 1. The van der Waals surface area contributed by atoms with Crippen molar-refractivity contribution in [1.29, 1.82) is 0 Å². The smallest absolute Gasteiger partial charge is 0.245 e. The van der Waals surface area contributed by atoms with Crippen LogP contribution in [0.25, 0.3) is 0 Å². The third-order valence-electron chi connectivity index (χ3n) is 4.56. The first-order valence-electron chi connectivity index (χ1n) is 8.41. The fourth-order valence-corrected chi connectivity index (χ4v) is 5.09. The van der Waals surface area contributed by atoms with Crippen LogP contribution in [0.3, 0.4) is 0 Å². The number of hydrogen-bond donors (Lipinski definition) is 1. The van der Waals surface area contributed by atoms with Crippen molar-refractivity contribution in [3.05, 3.63) is 53.7 Å². The van der Waals surface area contributed by atoms with E-state index in [1.807, 2.05) is 12.1 Å². The van der Waals surface area contributed by atoms with E-state index in [1.54, 1.807) is 28.2 Å². The first-order valence-corrected chi connectivity index (χ1v) is 10.8. The van der Waals surface area contributed by atoms with Gasteiger partial charge in [-0.15, -0.1) is 11.8 Å². The maximum Gasteiger partial charge on any atom is 0.245 e. The zero-order valence-corrected chi connectivity index (χ0v) is 16.2. The van der Waals surface area contributed by atoms with Crippen LogP contribution in [-0.4, -0.2) is 50.9 Å². The highest BCUT2D eigenvalue weighted by atomic mass is 32.2. The molecule has 0 saturated carbocycles. The number of quaternary nitrogens is 1. The molecule has 1 aromatic heterocycles. The number of rotatable bonds is 5. The molecule has 0 aliphatic carbocycles. The number of aromatic nitrogens is 1. The summed E-state index contributed by atoms with van der Waals surface area (Å²) in [6.07, 6.45) is 1.49. The molecule has 0 spiro atoms. The molecule has 1 N–H and O–H groups in total. The Balaban J connectivity index is 1.66. The highest BCUT2D eigenvalue weighted by molar-refractivity contribution is 7.98. The Labute approximate surface area is 154 Å². The van der Waals surface area contributed by atoms with Gasteiger partial charge in [-0.3, -0.25) is 0 Å². The van der Waals surface area contributed by atoms with Crippen molar-refractivity contribution in [2.75, 3.05) is 33.2 Å². The third kappa shape index (κ3) is 4.41. The van der Waals surface area contributed by atoms with Gasteiger partial charge in [0.2, 0.25) is 10.0 Å². The van der Waals surface area contributed by atoms with Gasteiger partial charge in [0.05, 0.1) is 38.3 Å². The lowest BCUT2D eigenvalue weighted by Gasteiger charge is -2.29. The van der Waals surface area contributed by atoms with Gasteiger partial charge < -0.3 is 4.90 Å². The summed E-state index contributed by atoms with van der Waals surface area (Å²) in [4.78, 5) is 6.00. The zero-order valence-electron chi connectivity index (χ0n) is 14.6. The van der Waals surface area contributed by atoms with Crippen LogP contribution >= 0.6 is 11.8 Å². The number of aryl methyl sites for hydroxylation is 1. The van der Waals surface area contributed by atoms with Crippen molar-refractivity contribution < 1.29 is 13.3 Å². The molecule has 25 heavy (non-hydrogen) atoms. The van der Waals surface area contributed by atoms with Crippen molar-refractivity contribution in [3.8, 4) is 0 Å². The average molecular weight is 379 g/mol. The highest BCUT2D eigenvalue weighted by Gasteiger charge is 2.29. The predicted octanol–water partition coefficient (Wildman–Crippen LogP) is 1.20. The Morgan fingerprint density at radius 1 is 1.16 bits per heavy atom. The van der Waals surface area contributed by atoms with E-state index in [0.29, 0.717) is 13.1 Å². The molecule has 1 aromatic carbocycles. The lowest BCUT2D eigenvalue weighted by Crippen LogP contribution is -3.12. The van der Waals surface area contributed by atoms with E-state index in [2.05, 4.69) is 31.1 Å². The van der Waals surface area contributed by atoms with E-state index in [0.717, 1.165) is 23.9 Å². The molecule has 0 unspecified atom stereocenters. The third-order valence-corrected chi connectivity index (χ3v) is 7.43. The van der Waals surface area contributed by atoms with Crippen molar-refractivity contribution in [3.63, 3.8) is 0 Å². The Kier molecular flexibility index (Phi) is 5.78. The minimum atomic E-state index is -3.43. The number of benzene rings is 1. The van der Waals surface area contributed by atoms with Crippen molar-refractivity contribution >= 4 is 21.8 Å². The van der Waals surface area contributed by atoms with Crippen LogP contribution in [0.2, 0.25) is 0 Å². The van der Waals surface area contributed by atoms with Gasteiger partial charge in [-0.05, 0) is 30.2 Å². The van der Waals surface area contributed by atoms with Crippen LogP contribution < -0.4 is 4.90 Å². The molecule has 2 aromatic rings. The van der Waals surface area contributed by atoms with E-state index in [1.165, 1.54) is 22.2 Å². The average Bonchev–Trinajstić information content (AvgIpc) is 2.62. The maximum atomic E-state index is 12.7. The number of nitrogens with one attached hydrogen (secondary N) is 1. The molecule has 2 heterocycles. The molecular formula is C18H24N3O2S2+. The molecule has 0 atom stereocenters. The first kappa shape index (κ1) is 18.4. The number of pyridine rings is 1. The fourth-order valence-electron chi connectivity index (χ4n) is 2.79. The molecule has 0 amide bonds. The number of nitrogens with zero attached hydrogens (tertiary/aromatic N) is 2. The maximum absolute atomic E-state index is 12.7. The molecular weight excluding hydrogens is 354 g/mol. The standard InChI is InChI=1S/C18H23N3O2S2/c1-15-5-3-4-6-16(15)14-24-18-8-7-17(13-19-18)25(22,23)21-11-9-20(2)10-12-21/h3-8,13H,9-12,14H2,1-2H3/p+1. The lowest BCUT2D eigenvalue weighted by molar-refractivity contribution is -0.883. The summed E-state index contributed by atoms with van der Waals surface area (Å²) in [5, 5.41) is 0.838. The van der Waals surface area contributed by atoms with Crippen LogP contribution in [-0.2, 0) is 15.8 Å². The van der Waals surface area contributed by atoms with Crippen LogP contribution in [0.15, 0.2) is 52.5 Å². The van der Waals surface area contributed by atoms with Gasteiger partial charge in [-0.2, -0.15) is 4.31 Å². The van der Waals surface area contributed by atoms with Gasteiger partial charge in [0.1, 0.15) is 4.90 Å². The molecule has 7 heteroatoms. The number of sulfonamides is 1. The summed E-state index contributed by atoms with van der Waals surface area (Å²) >= 11 is 1.62. The van der Waals surface area contributed by atoms with Crippen LogP contribution in [0.4, 0.5) is 0 Å². The SMILES string of the molecule is Cc1ccccc1CSc1ccc(S(=O)(=O)N2CC[NH+](C)CC2)cn1. The second-order valence-electron chi connectivity index (χ2n) is 6.41.